The van der Waals surface area contributed by atoms with Crippen LogP contribution in [0, 0.1) is 17.3 Å². The minimum absolute atomic E-state index is 0.124. The summed E-state index contributed by atoms with van der Waals surface area (Å²) in [5.74, 6) is 0.671. The molecule has 6 nitrogen and oxygen atoms in total. The van der Waals surface area contributed by atoms with E-state index >= 15 is 0 Å². The molecule has 0 aromatic heterocycles. The van der Waals surface area contributed by atoms with Crippen LogP contribution < -0.4 is 4.74 Å². The fourth-order valence-corrected chi connectivity index (χ4v) is 5.14. The van der Waals surface area contributed by atoms with Crippen LogP contribution in [-0.4, -0.2) is 36.3 Å². The molecule has 6 heteroatoms. The van der Waals surface area contributed by atoms with Crippen LogP contribution in [0.3, 0.4) is 0 Å². The van der Waals surface area contributed by atoms with Gasteiger partial charge in [-0.15, -0.1) is 0 Å². The van der Waals surface area contributed by atoms with Gasteiger partial charge in [0.2, 0.25) is 0 Å². The minimum atomic E-state index is -0.312. The van der Waals surface area contributed by atoms with Crippen LogP contribution in [0.4, 0.5) is 0 Å². The number of esters is 1. The monoisotopic (exact) mass is 476 g/mol. The Hall–Kier alpha value is -3.15. The van der Waals surface area contributed by atoms with Crippen molar-refractivity contribution in [2.45, 2.75) is 58.9 Å². The Labute approximate surface area is 208 Å². The third-order valence-electron chi connectivity index (χ3n) is 7.40. The normalized spacial score (nSPS) is 22.5. The predicted octanol–water partition coefficient (Wildman–Crippen LogP) is 5.77. The van der Waals surface area contributed by atoms with Crippen LogP contribution in [0.25, 0.3) is 0 Å². The van der Waals surface area contributed by atoms with E-state index in [1.165, 1.54) is 5.01 Å². The molecule has 0 N–H and O–H groups in total. The molecule has 186 valence electrons. The molecule has 1 aliphatic heterocycles. The van der Waals surface area contributed by atoms with Gasteiger partial charge < -0.3 is 9.47 Å². The number of methoxy groups -OCH3 is 1. The zero-order valence-electron chi connectivity index (χ0n) is 21.2. The fraction of sp³-hybridized carbons (Fsp3) is 0.483. The lowest BCUT2D eigenvalue weighted by Crippen LogP contribution is -2.34. The summed E-state index contributed by atoms with van der Waals surface area (Å²) in [5, 5.41) is 6.14. The van der Waals surface area contributed by atoms with Crippen molar-refractivity contribution in [3.05, 3.63) is 65.7 Å². The number of ether oxygens (including phenoxy) is 2. The lowest BCUT2D eigenvalue weighted by Gasteiger charge is -2.36. The maximum atomic E-state index is 13.2. The second-order valence-electron chi connectivity index (χ2n) is 10.7. The van der Waals surface area contributed by atoms with Crippen molar-refractivity contribution in [1.82, 2.24) is 5.01 Å². The third kappa shape index (κ3) is 5.92. The molecule has 0 radical (unpaired) electrons. The Kier molecular flexibility index (Phi) is 7.58. The topological polar surface area (TPSA) is 68.2 Å². The average molecular weight is 477 g/mol. The van der Waals surface area contributed by atoms with Crippen molar-refractivity contribution in [2.75, 3.05) is 13.7 Å². The Morgan fingerprint density at radius 2 is 1.63 bits per heavy atom. The van der Waals surface area contributed by atoms with Crippen LogP contribution in [0.2, 0.25) is 0 Å². The van der Waals surface area contributed by atoms with E-state index in [-0.39, 0.29) is 35.9 Å². The molecule has 1 saturated carbocycles. The van der Waals surface area contributed by atoms with Gasteiger partial charge in [0.25, 0.3) is 5.91 Å². The first-order valence-corrected chi connectivity index (χ1v) is 12.5. The van der Waals surface area contributed by atoms with Crippen LogP contribution in [-0.2, 0) is 14.3 Å². The predicted molar refractivity (Wildman–Crippen MR) is 136 cm³/mol. The molecule has 1 heterocycles. The molecule has 1 amide bonds. The average Bonchev–Trinajstić information content (AvgIpc) is 3.33. The van der Waals surface area contributed by atoms with Gasteiger partial charge in [-0.05, 0) is 60.3 Å². The Morgan fingerprint density at radius 3 is 2.23 bits per heavy atom. The van der Waals surface area contributed by atoms with E-state index in [1.54, 1.807) is 7.11 Å². The second-order valence-corrected chi connectivity index (χ2v) is 10.7. The quantitative estimate of drug-likeness (QED) is 0.497. The molecular formula is C29H36N2O4. The summed E-state index contributed by atoms with van der Waals surface area (Å²) >= 11 is 0. The maximum Gasteiger partial charge on any atom is 0.309 e. The van der Waals surface area contributed by atoms with Gasteiger partial charge in [0.05, 0.1) is 24.8 Å². The molecule has 1 unspecified atom stereocenters. The van der Waals surface area contributed by atoms with E-state index in [0.29, 0.717) is 12.3 Å². The largest absolute Gasteiger partial charge is 0.497 e. The number of carbonyl (C=O) groups is 2. The van der Waals surface area contributed by atoms with Gasteiger partial charge in [-0.2, -0.15) is 5.10 Å². The van der Waals surface area contributed by atoms with Gasteiger partial charge in [0, 0.05) is 6.42 Å². The van der Waals surface area contributed by atoms with Crippen molar-refractivity contribution >= 4 is 17.6 Å². The lowest BCUT2D eigenvalue weighted by molar-refractivity contribution is -0.157. The first kappa shape index (κ1) is 25.0. The smallest absolute Gasteiger partial charge is 0.309 e. The van der Waals surface area contributed by atoms with Crippen molar-refractivity contribution < 1.29 is 19.1 Å². The molecule has 1 atom stereocenters. The first-order chi connectivity index (χ1) is 16.8. The summed E-state index contributed by atoms with van der Waals surface area (Å²) in [6.07, 6.45) is 4.28. The number of amides is 1. The highest BCUT2D eigenvalue weighted by Crippen LogP contribution is 2.40. The molecular weight excluding hydrogens is 440 g/mol. The van der Waals surface area contributed by atoms with E-state index in [9.17, 15) is 9.59 Å². The highest BCUT2D eigenvalue weighted by molar-refractivity contribution is 6.03. The molecule has 4 rings (SSSR count). The summed E-state index contributed by atoms with van der Waals surface area (Å²) in [6, 6.07) is 17.3. The summed E-state index contributed by atoms with van der Waals surface area (Å²) in [5.41, 5.74) is 3.03. The number of nitrogens with zero attached hydrogens (tertiary/aromatic N) is 2. The summed E-state index contributed by atoms with van der Waals surface area (Å²) < 4.78 is 10.8. The van der Waals surface area contributed by atoms with Crippen LogP contribution >= 0.6 is 0 Å². The minimum Gasteiger partial charge on any atom is -0.497 e. The summed E-state index contributed by atoms with van der Waals surface area (Å²) in [6.45, 7) is 6.48. The number of hydrogen-bond acceptors (Lipinski definition) is 5. The van der Waals surface area contributed by atoms with Crippen LogP contribution in [0.5, 0.6) is 5.75 Å². The Balaban J connectivity index is 1.43. The van der Waals surface area contributed by atoms with Crippen molar-refractivity contribution in [2.24, 2.45) is 22.4 Å². The zero-order valence-corrected chi connectivity index (χ0v) is 21.2. The third-order valence-corrected chi connectivity index (χ3v) is 7.40. The van der Waals surface area contributed by atoms with E-state index < -0.39 is 0 Å². The molecule has 35 heavy (non-hydrogen) atoms. The number of rotatable bonds is 6. The van der Waals surface area contributed by atoms with Gasteiger partial charge in [-0.3, -0.25) is 9.59 Å². The zero-order chi connectivity index (χ0) is 25.0. The molecule has 0 bridgehead atoms. The number of hydrazone groups is 1. The van der Waals surface area contributed by atoms with Gasteiger partial charge >= 0.3 is 5.97 Å². The summed E-state index contributed by atoms with van der Waals surface area (Å²) in [4.78, 5) is 26.0. The van der Waals surface area contributed by atoms with Gasteiger partial charge in [-0.25, -0.2) is 5.01 Å². The highest BCUT2D eigenvalue weighted by Gasteiger charge is 2.36. The molecule has 0 saturated heterocycles. The van der Waals surface area contributed by atoms with Crippen molar-refractivity contribution in [1.29, 1.82) is 0 Å². The first-order valence-electron chi connectivity index (χ1n) is 12.5. The Bertz CT molecular complexity index is 1050. The standard InChI is InChI=1S/C29H36N2O4/c1-29(2,3)23-14-10-22(11-15-23)28(33)35-19-27(32)31-26(21-12-16-24(34-4)17-13-21)18-25(30-31)20-8-6-5-7-9-20/h5-9,12-13,16-17,22-23,26H,10-11,14-15,18-19H2,1-4H3. The molecule has 0 spiro atoms. The van der Waals surface area contributed by atoms with Crippen LogP contribution in [0.15, 0.2) is 59.7 Å². The maximum absolute atomic E-state index is 13.2. The van der Waals surface area contributed by atoms with Gasteiger partial charge in [0.15, 0.2) is 6.61 Å². The lowest BCUT2D eigenvalue weighted by atomic mass is 9.70. The molecule has 2 aromatic rings. The Morgan fingerprint density at radius 1 is 0.971 bits per heavy atom. The molecule has 1 aliphatic carbocycles. The SMILES string of the molecule is COc1ccc(C2CC(c3ccccc3)=NN2C(=O)COC(=O)C2CCC(C(C)(C)C)CC2)cc1. The van der Waals surface area contributed by atoms with Crippen molar-refractivity contribution in [3.63, 3.8) is 0 Å². The van der Waals surface area contributed by atoms with E-state index in [4.69, 9.17) is 9.47 Å². The van der Waals surface area contributed by atoms with Crippen molar-refractivity contribution in [3.8, 4) is 5.75 Å². The molecule has 2 aliphatic rings. The van der Waals surface area contributed by atoms with E-state index in [2.05, 4.69) is 25.9 Å². The number of hydrogen-bond donors (Lipinski definition) is 0. The second kappa shape index (κ2) is 10.6. The molecule has 2 aromatic carbocycles. The fourth-order valence-electron chi connectivity index (χ4n) is 5.14. The summed E-state index contributed by atoms with van der Waals surface area (Å²) in [7, 11) is 1.63. The number of carbonyl (C=O) groups excluding carboxylic acids is 2. The van der Waals surface area contributed by atoms with E-state index in [1.807, 2.05) is 54.6 Å². The molecule has 1 fully saturated rings. The van der Waals surface area contributed by atoms with E-state index in [0.717, 1.165) is 48.3 Å². The van der Waals surface area contributed by atoms with Gasteiger partial charge in [-0.1, -0.05) is 63.2 Å². The van der Waals surface area contributed by atoms with Gasteiger partial charge in [0.1, 0.15) is 5.75 Å². The number of benzene rings is 2. The highest BCUT2D eigenvalue weighted by atomic mass is 16.5. The van der Waals surface area contributed by atoms with Crippen LogP contribution in [0.1, 0.15) is 70.0 Å².